The molecule has 0 bridgehead atoms. The molecule has 1 aliphatic heterocycles. The van der Waals surface area contributed by atoms with Crippen molar-refractivity contribution in [1.82, 2.24) is 4.90 Å². The van der Waals surface area contributed by atoms with Crippen molar-refractivity contribution in [2.75, 3.05) is 13.3 Å². The molecule has 134 valence electrons. The maximum atomic E-state index is 14.0. The summed E-state index contributed by atoms with van der Waals surface area (Å²) in [4.78, 5) is 2.07. The Labute approximate surface area is 147 Å². The number of hydrogen-bond donors (Lipinski definition) is 1. The van der Waals surface area contributed by atoms with Gasteiger partial charge in [-0.2, -0.15) is 0 Å². The van der Waals surface area contributed by atoms with Crippen LogP contribution >= 0.6 is 0 Å². The standard InChI is InChI=1S/C20H24FNO3/c1-2-5-17(23)13-22(12-16-6-3-4-7-18(16)21)11-15-8-9-19-20(10-15)25-14-24-19/h3-4,6-10,17,23H,2,5,11-14H2,1H3. The first-order chi connectivity index (χ1) is 12.2. The Kier molecular flexibility index (Phi) is 5.89. The summed E-state index contributed by atoms with van der Waals surface area (Å²) in [5.74, 6) is 1.26. The van der Waals surface area contributed by atoms with E-state index in [1.165, 1.54) is 6.07 Å². The number of aliphatic hydroxyl groups excluding tert-OH is 1. The zero-order valence-corrected chi connectivity index (χ0v) is 14.5. The average molecular weight is 345 g/mol. The Balaban J connectivity index is 1.74. The molecule has 25 heavy (non-hydrogen) atoms. The minimum Gasteiger partial charge on any atom is -0.454 e. The van der Waals surface area contributed by atoms with Crippen LogP contribution in [-0.2, 0) is 13.1 Å². The van der Waals surface area contributed by atoms with Gasteiger partial charge in [-0.05, 0) is 30.2 Å². The van der Waals surface area contributed by atoms with Gasteiger partial charge in [0.1, 0.15) is 5.82 Å². The molecule has 0 saturated heterocycles. The highest BCUT2D eigenvalue weighted by atomic mass is 19.1. The third-order valence-electron chi connectivity index (χ3n) is 4.29. The highest BCUT2D eigenvalue weighted by Gasteiger charge is 2.17. The quantitative estimate of drug-likeness (QED) is 0.792. The molecule has 4 nitrogen and oxygen atoms in total. The Morgan fingerprint density at radius 3 is 2.72 bits per heavy atom. The maximum Gasteiger partial charge on any atom is 0.231 e. The van der Waals surface area contributed by atoms with Crippen molar-refractivity contribution >= 4 is 0 Å². The first-order valence-electron chi connectivity index (χ1n) is 8.68. The lowest BCUT2D eigenvalue weighted by Gasteiger charge is -2.25. The van der Waals surface area contributed by atoms with E-state index in [1.807, 2.05) is 31.2 Å². The van der Waals surface area contributed by atoms with Crippen molar-refractivity contribution in [2.45, 2.75) is 39.0 Å². The minimum atomic E-state index is -0.425. The van der Waals surface area contributed by atoms with Gasteiger partial charge >= 0.3 is 0 Å². The molecule has 0 fully saturated rings. The molecular weight excluding hydrogens is 321 g/mol. The summed E-state index contributed by atoms with van der Waals surface area (Å²) in [6, 6.07) is 12.6. The van der Waals surface area contributed by atoms with E-state index in [-0.39, 0.29) is 12.6 Å². The first kappa shape index (κ1) is 17.7. The fourth-order valence-electron chi connectivity index (χ4n) is 3.07. The van der Waals surface area contributed by atoms with E-state index < -0.39 is 6.10 Å². The molecule has 1 unspecified atom stereocenters. The number of fused-ring (bicyclic) bond motifs is 1. The lowest BCUT2D eigenvalue weighted by atomic mass is 10.1. The SMILES string of the molecule is CCCC(O)CN(Cc1ccc2c(c1)OCO2)Cc1ccccc1F. The van der Waals surface area contributed by atoms with Gasteiger partial charge in [0.15, 0.2) is 11.5 Å². The van der Waals surface area contributed by atoms with Gasteiger partial charge in [0.05, 0.1) is 6.10 Å². The van der Waals surface area contributed by atoms with Gasteiger partial charge in [0.2, 0.25) is 6.79 Å². The van der Waals surface area contributed by atoms with Gasteiger partial charge in [-0.15, -0.1) is 0 Å². The molecule has 3 rings (SSSR count). The number of hydrogen-bond acceptors (Lipinski definition) is 4. The van der Waals surface area contributed by atoms with Crippen LogP contribution in [0.3, 0.4) is 0 Å². The van der Waals surface area contributed by atoms with Crippen LogP contribution in [0.4, 0.5) is 4.39 Å². The second-order valence-corrected chi connectivity index (χ2v) is 6.39. The lowest BCUT2D eigenvalue weighted by molar-refractivity contribution is 0.0964. The van der Waals surface area contributed by atoms with Crippen LogP contribution < -0.4 is 9.47 Å². The van der Waals surface area contributed by atoms with Crippen molar-refractivity contribution in [1.29, 1.82) is 0 Å². The maximum absolute atomic E-state index is 14.0. The summed E-state index contributed by atoms with van der Waals surface area (Å²) >= 11 is 0. The van der Waals surface area contributed by atoms with Crippen molar-refractivity contribution < 1.29 is 19.0 Å². The molecule has 1 N–H and O–H groups in total. The molecule has 1 aliphatic rings. The van der Waals surface area contributed by atoms with Crippen LogP contribution in [0.1, 0.15) is 30.9 Å². The van der Waals surface area contributed by atoms with Crippen LogP contribution in [0.15, 0.2) is 42.5 Å². The van der Waals surface area contributed by atoms with Gasteiger partial charge in [-0.3, -0.25) is 4.90 Å². The van der Waals surface area contributed by atoms with Crippen LogP contribution in [0.5, 0.6) is 11.5 Å². The number of nitrogens with zero attached hydrogens (tertiary/aromatic N) is 1. The van der Waals surface area contributed by atoms with Gasteiger partial charge < -0.3 is 14.6 Å². The van der Waals surface area contributed by atoms with Gasteiger partial charge in [0, 0.05) is 25.2 Å². The van der Waals surface area contributed by atoms with Crippen molar-refractivity contribution in [3.63, 3.8) is 0 Å². The number of rotatable bonds is 8. The summed E-state index contributed by atoms with van der Waals surface area (Å²) in [5, 5.41) is 10.2. The molecule has 2 aromatic carbocycles. The minimum absolute atomic E-state index is 0.219. The lowest BCUT2D eigenvalue weighted by Crippen LogP contribution is -2.32. The molecule has 0 radical (unpaired) electrons. The zero-order valence-electron chi connectivity index (χ0n) is 14.5. The second kappa shape index (κ2) is 8.32. The van der Waals surface area contributed by atoms with E-state index in [9.17, 15) is 9.50 Å². The van der Waals surface area contributed by atoms with E-state index in [0.717, 1.165) is 29.9 Å². The summed E-state index contributed by atoms with van der Waals surface area (Å²) in [5.41, 5.74) is 1.68. The third kappa shape index (κ3) is 4.71. The molecule has 0 saturated carbocycles. The molecule has 2 aromatic rings. The van der Waals surface area contributed by atoms with E-state index in [4.69, 9.17) is 9.47 Å². The van der Waals surface area contributed by atoms with Crippen LogP contribution in [-0.4, -0.2) is 29.4 Å². The second-order valence-electron chi connectivity index (χ2n) is 6.39. The summed E-state index contributed by atoms with van der Waals surface area (Å²) in [6.45, 7) is 3.83. The Morgan fingerprint density at radius 1 is 1.12 bits per heavy atom. The normalized spacial score (nSPS) is 14.1. The Bertz CT molecular complexity index is 707. The van der Waals surface area contributed by atoms with Crippen LogP contribution in [0.2, 0.25) is 0 Å². The summed E-state index contributed by atoms with van der Waals surface area (Å²) < 4.78 is 24.8. The Morgan fingerprint density at radius 2 is 1.92 bits per heavy atom. The molecule has 0 aromatic heterocycles. The van der Waals surface area contributed by atoms with E-state index in [1.54, 1.807) is 12.1 Å². The van der Waals surface area contributed by atoms with Gasteiger partial charge in [-0.25, -0.2) is 4.39 Å². The highest BCUT2D eigenvalue weighted by Crippen LogP contribution is 2.33. The Hall–Kier alpha value is -2.11. The van der Waals surface area contributed by atoms with Crippen LogP contribution in [0.25, 0.3) is 0 Å². The first-order valence-corrected chi connectivity index (χ1v) is 8.68. The zero-order chi connectivity index (χ0) is 17.6. The van der Waals surface area contributed by atoms with Gasteiger partial charge in [0.25, 0.3) is 0 Å². The van der Waals surface area contributed by atoms with Crippen LogP contribution in [0, 0.1) is 5.82 Å². The fraction of sp³-hybridized carbons (Fsp3) is 0.400. The monoisotopic (exact) mass is 345 g/mol. The summed E-state index contributed by atoms with van der Waals surface area (Å²) in [7, 11) is 0. The van der Waals surface area contributed by atoms with E-state index in [2.05, 4.69) is 4.90 Å². The molecule has 1 atom stereocenters. The number of halogens is 1. The molecule has 1 heterocycles. The molecular formula is C20H24FNO3. The van der Waals surface area contributed by atoms with E-state index >= 15 is 0 Å². The smallest absolute Gasteiger partial charge is 0.231 e. The summed E-state index contributed by atoms with van der Waals surface area (Å²) in [6.07, 6.45) is 1.22. The van der Waals surface area contributed by atoms with Gasteiger partial charge in [-0.1, -0.05) is 37.6 Å². The molecule has 0 aliphatic carbocycles. The van der Waals surface area contributed by atoms with Crippen molar-refractivity contribution in [2.24, 2.45) is 0 Å². The average Bonchev–Trinajstić information content (AvgIpc) is 3.05. The number of ether oxygens (including phenoxy) is 2. The number of benzene rings is 2. The molecule has 5 heteroatoms. The highest BCUT2D eigenvalue weighted by molar-refractivity contribution is 5.44. The van der Waals surface area contributed by atoms with Crippen molar-refractivity contribution in [3.8, 4) is 11.5 Å². The topological polar surface area (TPSA) is 41.9 Å². The third-order valence-corrected chi connectivity index (χ3v) is 4.29. The molecule has 0 amide bonds. The predicted octanol–water partition coefficient (Wildman–Crippen LogP) is 3.72. The molecule has 0 spiro atoms. The number of aliphatic hydroxyl groups is 1. The van der Waals surface area contributed by atoms with E-state index in [0.29, 0.717) is 25.2 Å². The fourth-order valence-corrected chi connectivity index (χ4v) is 3.07. The largest absolute Gasteiger partial charge is 0.454 e. The van der Waals surface area contributed by atoms with Crippen molar-refractivity contribution in [3.05, 3.63) is 59.4 Å². The predicted molar refractivity (Wildman–Crippen MR) is 94.0 cm³/mol.